The fourth-order valence-corrected chi connectivity index (χ4v) is 1.74. The zero-order chi connectivity index (χ0) is 14.7. The Bertz CT molecular complexity index is 672. The number of benzene rings is 2. The van der Waals surface area contributed by atoms with Crippen LogP contribution in [-0.2, 0) is 6.54 Å². The molecule has 0 spiro atoms. The van der Waals surface area contributed by atoms with Gasteiger partial charge >= 0.3 is 0 Å². The molecule has 0 aliphatic rings. The molecule has 2 aromatic rings. The minimum atomic E-state index is -0.870. The van der Waals surface area contributed by atoms with Crippen LogP contribution in [0.25, 0.3) is 0 Å². The number of hydrogen-bond acceptors (Lipinski definition) is 4. The third-order valence-corrected chi connectivity index (χ3v) is 2.73. The van der Waals surface area contributed by atoms with Crippen LogP contribution in [0.2, 0.25) is 0 Å². The zero-order valence-electron chi connectivity index (χ0n) is 10.3. The maximum absolute atomic E-state index is 13.6. The first-order valence-electron chi connectivity index (χ1n) is 5.71. The van der Waals surface area contributed by atoms with E-state index in [1.807, 2.05) is 0 Å². The smallest absolute Gasteiger partial charge is 0.150 e. The van der Waals surface area contributed by atoms with Crippen molar-refractivity contribution in [1.29, 1.82) is 5.26 Å². The SMILES string of the molecule is N#Cc1cc(F)c(NCc2cc(N)ccc2O)c(F)c1. The van der Waals surface area contributed by atoms with Crippen LogP contribution < -0.4 is 11.1 Å². The van der Waals surface area contributed by atoms with E-state index in [1.165, 1.54) is 18.2 Å². The number of halogens is 2. The van der Waals surface area contributed by atoms with E-state index < -0.39 is 11.6 Å². The van der Waals surface area contributed by atoms with Crippen molar-refractivity contribution in [2.24, 2.45) is 0 Å². The summed E-state index contributed by atoms with van der Waals surface area (Å²) in [5.41, 5.74) is 5.96. The summed E-state index contributed by atoms with van der Waals surface area (Å²) < 4.78 is 27.3. The highest BCUT2D eigenvalue weighted by atomic mass is 19.1. The van der Waals surface area contributed by atoms with E-state index >= 15 is 0 Å². The van der Waals surface area contributed by atoms with Gasteiger partial charge in [0.15, 0.2) is 11.6 Å². The highest BCUT2D eigenvalue weighted by Gasteiger charge is 2.12. The largest absolute Gasteiger partial charge is 0.508 e. The first-order chi connectivity index (χ1) is 9.51. The van der Waals surface area contributed by atoms with Gasteiger partial charge in [-0.25, -0.2) is 8.78 Å². The molecule has 20 heavy (non-hydrogen) atoms. The molecule has 0 fully saturated rings. The van der Waals surface area contributed by atoms with E-state index in [2.05, 4.69) is 5.32 Å². The van der Waals surface area contributed by atoms with Gasteiger partial charge in [-0.15, -0.1) is 0 Å². The lowest BCUT2D eigenvalue weighted by atomic mass is 10.1. The summed E-state index contributed by atoms with van der Waals surface area (Å²) in [6.07, 6.45) is 0. The van der Waals surface area contributed by atoms with Crippen molar-refractivity contribution in [3.8, 4) is 11.8 Å². The standard InChI is InChI=1S/C14H11F2N3O/c15-11-3-8(6-17)4-12(16)14(11)19-7-9-5-10(18)1-2-13(9)20/h1-5,19-20H,7,18H2. The summed E-state index contributed by atoms with van der Waals surface area (Å²) in [5.74, 6) is -1.77. The molecule has 0 aliphatic carbocycles. The Kier molecular flexibility index (Phi) is 3.71. The van der Waals surface area contributed by atoms with Crippen molar-refractivity contribution < 1.29 is 13.9 Å². The summed E-state index contributed by atoms with van der Waals surface area (Å²) >= 11 is 0. The molecule has 0 atom stereocenters. The van der Waals surface area contributed by atoms with Gasteiger partial charge in [-0.05, 0) is 30.3 Å². The number of nitrogens with two attached hydrogens (primary N) is 1. The molecule has 102 valence electrons. The highest BCUT2D eigenvalue weighted by Crippen LogP contribution is 2.24. The Morgan fingerprint density at radius 1 is 1.20 bits per heavy atom. The number of nitrogens with one attached hydrogen (secondary N) is 1. The first-order valence-corrected chi connectivity index (χ1v) is 5.71. The maximum atomic E-state index is 13.6. The number of nitriles is 1. The van der Waals surface area contributed by atoms with Crippen LogP contribution in [0.15, 0.2) is 30.3 Å². The molecule has 4 nitrogen and oxygen atoms in total. The molecule has 0 unspecified atom stereocenters. The molecule has 0 radical (unpaired) electrons. The molecule has 0 bridgehead atoms. The second-order valence-corrected chi connectivity index (χ2v) is 4.17. The number of anilines is 2. The first kappa shape index (κ1) is 13.6. The van der Waals surface area contributed by atoms with Crippen LogP contribution >= 0.6 is 0 Å². The van der Waals surface area contributed by atoms with Gasteiger partial charge in [0, 0.05) is 17.8 Å². The summed E-state index contributed by atoms with van der Waals surface area (Å²) in [6.45, 7) is -0.00336. The monoisotopic (exact) mass is 275 g/mol. The lowest BCUT2D eigenvalue weighted by Crippen LogP contribution is -2.05. The molecular weight excluding hydrogens is 264 g/mol. The predicted molar refractivity (Wildman–Crippen MR) is 70.9 cm³/mol. The van der Waals surface area contributed by atoms with Crippen molar-refractivity contribution in [3.05, 3.63) is 53.1 Å². The molecule has 2 aromatic carbocycles. The van der Waals surface area contributed by atoms with Gasteiger partial charge in [-0.2, -0.15) is 5.26 Å². The van der Waals surface area contributed by atoms with Gasteiger partial charge in [-0.3, -0.25) is 0 Å². The highest BCUT2D eigenvalue weighted by molar-refractivity contribution is 5.53. The van der Waals surface area contributed by atoms with E-state index in [0.717, 1.165) is 12.1 Å². The fourth-order valence-electron chi connectivity index (χ4n) is 1.74. The Morgan fingerprint density at radius 2 is 1.85 bits per heavy atom. The third-order valence-electron chi connectivity index (χ3n) is 2.73. The molecule has 6 heteroatoms. The van der Waals surface area contributed by atoms with E-state index in [4.69, 9.17) is 11.0 Å². The van der Waals surface area contributed by atoms with Crippen molar-refractivity contribution in [2.45, 2.75) is 6.54 Å². The quantitative estimate of drug-likeness (QED) is 0.594. The molecule has 2 rings (SSSR count). The lowest BCUT2D eigenvalue weighted by Gasteiger charge is -2.11. The molecule has 0 aliphatic heterocycles. The number of nitrogen functional groups attached to an aromatic ring is 1. The van der Waals surface area contributed by atoms with E-state index in [9.17, 15) is 13.9 Å². The number of phenolic OH excluding ortho intramolecular Hbond substituents is 1. The van der Waals surface area contributed by atoms with Crippen molar-refractivity contribution in [1.82, 2.24) is 0 Å². The molecule has 4 N–H and O–H groups in total. The topological polar surface area (TPSA) is 82.1 Å². The van der Waals surface area contributed by atoms with E-state index in [0.29, 0.717) is 11.3 Å². The number of hydrogen-bond donors (Lipinski definition) is 3. The number of rotatable bonds is 3. The van der Waals surface area contributed by atoms with Gasteiger partial charge in [-0.1, -0.05) is 0 Å². The third kappa shape index (κ3) is 2.78. The van der Waals surface area contributed by atoms with Gasteiger partial charge in [0.05, 0.1) is 11.6 Å². The number of nitrogens with zero attached hydrogens (tertiary/aromatic N) is 1. The van der Waals surface area contributed by atoms with Crippen LogP contribution in [0.5, 0.6) is 5.75 Å². The second-order valence-electron chi connectivity index (χ2n) is 4.17. The van der Waals surface area contributed by atoms with Gasteiger partial charge in [0.25, 0.3) is 0 Å². The van der Waals surface area contributed by atoms with Gasteiger partial charge in [0.2, 0.25) is 0 Å². The van der Waals surface area contributed by atoms with Crippen LogP contribution in [-0.4, -0.2) is 5.11 Å². The molecular formula is C14H11F2N3O. The van der Waals surface area contributed by atoms with Crippen LogP contribution in [0.4, 0.5) is 20.2 Å². The van der Waals surface area contributed by atoms with Gasteiger partial charge < -0.3 is 16.2 Å². The Hall–Kier alpha value is -2.81. The average Bonchev–Trinajstić information content (AvgIpc) is 2.41. The van der Waals surface area contributed by atoms with E-state index in [-0.39, 0.29) is 23.5 Å². The van der Waals surface area contributed by atoms with Gasteiger partial charge in [0.1, 0.15) is 11.4 Å². The predicted octanol–water partition coefficient (Wildman–Crippen LogP) is 2.74. The summed E-state index contributed by atoms with van der Waals surface area (Å²) in [6, 6.07) is 7.95. The molecule has 0 saturated carbocycles. The summed E-state index contributed by atoms with van der Waals surface area (Å²) in [5, 5.41) is 20.8. The lowest BCUT2D eigenvalue weighted by molar-refractivity contribution is 0.469. The van der Waals surface area contributed by atoms with E-state index in [1.54, 1.807) is 6.07 Å². The summed E-state index contributed by atoms with van der Waals surface area (Å²) in [4.78, 5) is 0. The molecule has 0 amide bonds. The van der Waals surface area contributed by atoms with Crippen molar-refractivity contribution in [3.63, 3.8) is 0 Å². The number of phenols is 1. The Labute approximate surface area is 114 Å². The maximum Gasteiger partial charge on any atom is 0.150 e. The normalized spacial score (nSPS) is 10.1. The zero-order valence-corrected chi connectivity index (χ0v) is 10.3. The molecule has 0 aromatic heterocycles. The van der Waals surface area contributed by atoms with Crippen molar-refractivity contribution >= 4 is 11.4 Å². The second kappa shape index (κ2) is 5.45. The Balaban J connectivity index is 2.23. The molecule has 0 heterocycles. The van der Waals surface area contributed by atoms with Crippen LogP contribution in [0.1, 0.15) is 11.1 Å². The Morgan fingerprint density at radius 3 is 2.45 bits per heavy atom. The van der Waals surface area contributed by atoms with Crippen LogP contribution in [0, 0.1) is 23.0 Å². The minimum Gasteiger partial charge on any atom is -0.508 e. The number of aromatic hydroxyl groups is 1. The van der Waals surface area contributed by atoms with Crippen molar-refractivity contribution in [2.75, 3.05) is 11.1 Å². The minimum absolute atomic E-state index is 0.00336. The van der Waals surface area contributed by atoms with Crippen LogP contribution in [0.3, 0.4) is 0 Å². The fraction of sp³-hybridized carbons (Fsp3) is 0.0714. The molecule has 0 saturated heterocycles. The average molecular weight is 275 g/mol. The summed E-state index contributed by atoms with van der Waals surface area (Å²) in [7, 11) is 0.